The molecule has 1 atom stereocenters. The van der Waals surface area contributed by atoms with Crippen LogP contribution in [0.5, 0.6) is 0 Å². The van der Waals surface area contributed by atoms with Gasteiger partial charge in [0, 0.05) is 13.0 Å². The van der Waals surface area contributed by atoms with E-state index in [1.807, 2.05) is 0 Å². The smallest absolute Gasteiger partial charge is 0.243 e. The second-order valence-corrected chi connectivity index (χ2v) is 4.80. The maximum absolute atomic E-state index is 12.8. The Morgan fingerprint density at radius 2 is 1.95 bits per heavy atom. The van der Waals surface area contributed by atoms with Crippen molar-refractivity contribution in [1.82, 2.24) is 10.6 Å². The highest BCUT2D eigenvalue weighted by atomic mass is 19.1. The van der Waals surface area contributed by atoms with Gasteiger partial charge in [-0.15, -0.1) is 0 Å². The van der Waals surface area contributed by atoms with Crippen LogP contribution >= 0.6 is 0 Å². The lowest BCUT2D eigenvalue weighted by molar-refractivity contribution is -0.122. The normalized spacial score (nSPS) is 13.1. The summed E-state index contributed by atoms with van der Waals surface area (Å²) in [7, 11) is 0. The number of amides is 2. The molecule has 0 spiro atoms. The van der Waals surface area contributed by atoms with Crippen LogP contribution in [0.3, 0.4) is 0 Å². The quantitative estimate of drug-likeness (QED) is 0.652. The highest BCUT2D eigenvalue weighted by Crippen LogP contribution is 2.19. The average molecular weight is 294 g/mol. The van der Waals surface area contributed by atoms with Crippen LogP contribution in [0.2, 0.25) is 0 Å². The summed E-state index contributed by atoms with van der Waals surface area (Å²) in [5.74, 6) is -1.04. The van der Waals surface area contributed by atoms with Gasteiger partial charge in [-0.3, -0.25) is 9.59 Å². The van der Waals surface area contributed by atoms with E-state index in [1.165, 1.54) is 31.2 Å². The van der Waals surface area contributed by atoms with Crippen LogP contribution in [0.15, 0.2) is 36.9 Å². The molecule has 0 heterocycles. The maximum atomic E-state index is 12.8. The molecule has 0 saturated heterocycles. The number of hydrogen-bond acceptors (Lipinski definition) is 3. The van der Waals surface area contributed by atoms with Crippen molar-refractivity contribution in [2.45, 2.75) is 18.9 Å². The van der Waals surface area contributed by atoms with Gasteiger partial charge >= 0.3 is 0 Å². The topological polar surface area (TPSA) is 78.4 Å². The largest absolute Gasteiger partial charge is 0.384 e. The van der Waals surface area contributed by atoms with Gasteiger partial charge in [-0.1, -0.05) is 18.7 Å². The first kappa shape index (κ1) is 16.8. The molecular formula is C15H19FN2O3. The standard InChI is InChI=1S/C15H19FN2O3/c1-3-13(19)17-9-8-14(20)18-10-15(2,21)11-4-6-12(16)7-5-11/h3-7,21H,1,8-10H2,2H3,(H,17,19)(H,18,20). The Balaban J connectivity index is 2.42. The summed E-state index contributed by atoms with van der Waals surface area (Å²) in [6, 6.07) is 5.42. The van der Waals surface area contributed by atoms with Crippen LogP contribution in [0, 0.1) is 5.82 Å². The molecule has 114 valence electrons. The number of hydrogen-bond donors (Lipinski definition) is 3. The van der Waals surface area contributed by atoms with Gasteiger partial charge in [-0.2, -0.15) is 0 Å². The molecule has 6 heteroatoms. The third kappa shape index (κ3) is 5.74. The first-order chi connectivity index (χ1) is 9.85. The van der Waals surface area contributed by atoms with Gasteiger partial charge in [-0.25, -0.2) is 4.39 Å². The Labute approximate surface area is 122 Å². The molecule has 1 unspecified atom stereocenters. The van der Waals surface area contributed by atoms with Crippen LogP contribution in [0.4, 0.5) is 4.39 Å². The molecule has 0 aliphatic rings. The predicted molar refractivity (Wildman–Crippen MR) is 76.8 cm³/mol. The molecule has 1 aromatic rings. The maximum Gasteiger partial charge on any atom is 0.243 e. The Bertz CT molecular complexity index is 512. The Morgan fingerprint density at radius 3 is 2.52 bits per heavy atom. The van der Waals surface area contributed by atoms with Gasteiger partial charge in [0.25, 0.3) is 0 Å². The van der Waals surface area contributed by atoms with E-state index in [1.54, 1.807) is 0 Å². The molecule has 0 bridgehead atoms. The number of rotatable bonds is 7. The lowest BCUT2D eigenvalue weighted by Crippen LogP contribution is -2.39. The number of aliphatic hydroxyl groups is 1. The molecule has 0 aliphatic heterocycles. The summed E-state index contributed by atoms with van der Waals surface area (Å²) in [5, 5.41) is 15.3. The van der Waals surface area contributed by atoms with E-state index < -0.39 is 11.4 Å². The van der Waals surface area contributed by atoms with Crippen molar-refractivity contribution in [2.24, 2.45) is 0 Å². The summed E-state index contributed by atoms with van der Waals surface area (Å²) in [5.41, 5.74) is -0.794. The Hall–Kier alpha value is -2.21. The molecule has 3 N–H and O–H groups in total. The molecule has 0 saturated carbocycles. The summed E-state index contributed by atoms with van der Waals surface area (Å²) in [4.78, 5) is 22.5. The second-order valence-electron chi connectivity index (χ2n) is 4.80. The van der Waals surface area contributed by atoms with E-state index in [2.05, 4.69) is 17.2 Å². The van der Waals surface area contributed by atoms with E-state index in [0.29, 0.717) is 5.56 Å². The van der Waals surface area contributed by atoms with Crippen LogP contribution in [-0.4, -0.2) is 30.0 Å². The average Bonchev–Trinajstić information content (AvgIpc) is 2.45. The van der Waals surface area contributed by atoms with Crippen molar-refractivity contribution < 1.29 is 19.1 Å². The number of carbonyl (C=O) groups is 2. The third-order valence-electron chi connectivity index (χ3n) is 2.93. The lowest BCUT2D eigenvalue weighted by Gasteiger charge is -2.24. The molecule has 1 rings (SSSR count). The van der Waals surface area contributed by atoms with Crippen molar-refractivity contribution in [3.8, 4) is 0 Å². The van der Waals surface area contributed by atoms with Gasteiger partial charge in [0.1, 0.15) is 11.4 Å². The fraction of sp³-hybridized carbons (Fsp3) is 0.333. The number of carbonyl (C=O) groups excluding carboxylic acids is 2. The van der Waals surface area contributed by atoms with E-state index in [9.17, 15) is 19.1 Å². The van der Waals surface area contributed by atoms with Gasteiger partial charge in [0.15, 0.2) is 0 Å². The minimum Gasteiger partial charge on any atom is -0.384 e. The first-order valence-electron chi connectivity index (χ1n) is 6.50. The molecule has 5 nitrogen and oxygen atoms in total. The number of nitrogens with one attached hydrogen (secondary N) is 2. The highest BCUT2D eigenvalue weighted by Gasteiger charge is 2.23. The monoisotopic (exact) mass is 294 g/mol. The van der Waals surface area contributed by atoms with Crippen molar-refractivity contribution in [2.75, 3.05) is 13.1 Å². The Kier molecular flexibility index (Phi) is 6.05. The van der Waals surface area contributed by atoms with Gasteiger partial charge in [0.05, 0.1) is 6.54 Å². The van der Waals surface area contributed by atoms with Crippen molar-refractivity contribution in [1.29, 1.82) is 0 Å². The van der Waals surface area contributed by atoms with Crippen molar-refractivity contribution >= 4 is 11.8 Å². The van der Waals surface area contributed by atoms with Gasteiger partial charge < -0.3 is 15.7 Å². The molecule has 0 radical (unpaired) electrons. The van der Waals surface area contributed by atoms with Crippen LogP contribution in [0.25, 0.3) is 0 Å². The SMILES string of the molecule is C=CC(=O)NCCC(=O)NCC(C)(O)c1ccc(F)cc1. The number of halogens is 1. The Morgan fingerprint density at radius 1 is 1.33 bits per heavy atom. The van der Waals surface area contributed by atoms with E-state index in [-0.39, 0.29) is 31.3 Å². The molecule has 21 heavy (non-hydrogen) atoms. The predicted octanol–water partition coefficient (Wildman–Crippen LogP) is 0.842. The first-order valence-corrected chi connectivity index (χ1v) is 6.50. The fourth-order valence-corrected chi connectivity index (χ4v) is 1.64. The summed E-state index contributed by atoms with van der Waals surface area (Å²) in [6.45, 7) is 5.00. The summed E-state index contributed by atoms with van der Waals surface area (Å²) in [6.07, 6.45) is 1.22. The summed E-state index contributed by atoms with van der Waals surface area (Å²) < 4.78 is 12.8. The van der Waals surface area contributed by atoms with Crippen molar-refractivity contribution in [3.05, 3.63) is 48.3 Å². The molecule has 0 fully saturated rings. The minimum absolute atomic E-state index is 0.00707. The van der Waals surface area contributed by atoms with Gasteiger partial charge in [-0.05, 0) is 30.7 Å². The van der Waals surface area contributed by atoms with E-state index >= 15 is 0 Å². The molecule has 0 aliphatic carbocycles. The number of benzene rings is 1. The van der Waals surface area contributed by atoms with Crippen molar-refractivity contribution in [3.63, 3.8) is 0 Å². The fourth-order valence-electron chi connectivity index (χ4n) is 1.64. The van der Waals surface area contributed by atoms with Gasteiger partial charge in [0.2, 0.25) is 11.8 Å². The van der Waals surface area contributed by atoms with E-state index in [4.69, 9.17) is 0 Å². The van der Waals surface area contributed by atoms with Crippen LogP contribution in [0.1, 0.15) is 18.9 Å². The van der Waals surface area contributed by atoms with Crippen LogP contribution < -0.4 is 10.6 Å². The minimum atomic E-state index is -1.30. The lowest BCUT2D eigenvalue weighted by atomic mass is 9.96. The zero-order valence-corrected chi connectivity index (χ0v) is 11.9. The molecule has 2 amide bonds. The second kappa shape index (κ2) is 7.54. The molecule has 0 aromatic heterocycles. The molecule has 1 aromatic carbocycles. The zero-order valence-electron chi connectivity index (χ0n) is 11.9. The van der Waals surface area contributed by atoms with E-state index in [0.717, 1.165) is 6.08 Å². The summed E-state index contributed by atoms with van der Waals surface area (Å²) >= 11 is 0. The third-order valence-corrected chi connectivity index (χ3v) is 2.93. The molecular weight excluding hydrogens is 275 g/mol. The zero-order chi connectivity index (χ0) is 15.9. The van der Waals surface area contributed by atoms with Crippen LogP contribution in [-0.2, 0) is 15.2 Å². The highest BCUT2D eigenvalue weighted by molar-refractivity contribution is 5.87.